The minimum Gasteiger partial charge on any atom is -0.497 e. The predicted octanol–water partition coefficient (Wildman–Crippen LogP) is 6.95. The fourth-order valence-electron chi connectivity index (χ4n) is 6.44. The Morgan fingerprint density at radius 1 is 0.518 bits per heavy atom. The summed E-state index contributed by atoms with van der Waals surface area (Å²) in [6.07, 6.45) is 3.21. The smallest absolute Gasteiger partial charge is 0.306 e. The van der Waals surface area contributed by atoms with Gasteiger partial charge in [0, 0.05) is 24.9 Å². The normalized spacial score (nSPS) is 12.2. The van der Waals surface area contributed by atoms with Crippen LogP contribution in [0.15, 0.2) is 97.1 Å². The molecule has 56 heavy (non-hydrogen) atoms. The molecule has 0 fully saturated rings. The Balaban J connectivity index is 1.20. The third-order valence-corrected chi connectivity index (χ3v) is 9.27. The van der Waals surface area contributed by atoms with Crippen molar-refractivity contribution >= 4 is 11.9 Å². The number of aryl methyl sites for hydroxylation is 4. The van der Waals surface area contributed by atoms with Gasteiger partial charge < -0.3 is 38.2 Å². The van der Waals surface area contributed by atoms with E-state index >= 15 is 0 Å². The van der Waals surface area contributed by atoms with Gasteiger partial charge in [-0.25, -0.2) is 0 Å². The van der Waals surface area contributed by atoms with Gasteiger partial charge in [-0.15, -0.1) is 0 Å². The lowest BCUT2D eigenvalue weighted by molar-refractivity contribution is -0.152. The Bertz CT molecular complexity index is 1650. The van der Waals surface area contributed by atoms with Gasteiger partial charge in [-0.1, -0.05) is 60.7 Å². The fraction of sp³-hybridized carbons (Fsp3) is 0.435. The number of nitrogens with zero attached hydrogens (tertiary/aromatic N) is 2. The van der Waals surface area contributed by atoms with Crippen LogP contribution in [-0.4, -0.2) is 104 Å². The van der Waals surface area contributed by atoms with Gasteiger partial charge in [-0.3, -0.25) is 9.59 Å². The largest absolute Gasteiger partial charge is 0.497 e. The molecule has 0 saturated heterocycles. The van der Waals surface area contributed by atoms with Crippen LogP contribution in [0, 0.1) is 11.8 Å². The van der Waals surface area contributed by atoms with Crippen LogP contribution in [-0.2, 0) is 44.7 Å². The summed E-state index contributed by atoms with van der Waals surface area (Å²) in [6, 6.07) is 32.3. The molecule has 0 saturated carbocycles. The maximum Gasteiger partial charge on any atom is 0.306 e. The summed E-state index contributed by atoms with van der Waals surface area (Å²) in [7, 11) is 11.3. The van der Waals surface area contributed by atoms with E-state index in [0.717, 1.165) is 59.8 Å². The Hall–Kier alpha value is -5.06. The number of carbonyl (C=O) groups is 2. The number of hydrogen-bond acceptors (Lipinski definition) is 10. The van der Waals surface area contributed by atoms with Crippen molar-refractivity contribution in [1.29, 1.82) is 0 Å². The van der Waals surface area contributed by atoms with Gasteiger partial charge >= 0.3 is 11.9 Å². The molecular weight excluding hydrogens is 709 g/mol. The number of benzene rings is 4. The van der Waals surface area contributed by atoms with Crippen molar-refractivity contribution in [2.24, 2.45) is 11.8 Å². The Labute approximate surface area is 333 Å². The lowest BCUT2D eigenvalue weighted by Crippen LogP contribution is -2.31. The van der Waals surface area contributed by atoms with Crippen LogP contribution >= 0.6 is 0 Å². The van der Waals surface area contributed by atoms with Crippen molar-refractivity contribution in [3.63, 3.8) is 0 Å². The summed E-state index contributed by atoms with van der Waals surface area (Å²) >= 11 is 0. The third kappa shape index (κ3) is 16.0. The average Bonchev–Trinajstić information content (AvgIpc) is 3.20. The van der Waals surface area contributed by atoms with Crippen LogP contribution in [0.4, 0.5) is 0 Å². The molecule has 0 bridgehead atoms. The zero-order valence-corrected chi connectivity index (χ0v) is 34.0. The van der Waals surface area contributed by atoms with Crippen molar-refractivity contribution in [3.05, 3.63) is 119 Å². The van der Waals surface area contributed by atoms with Crippen LogP contribution in [0.5, 0.6) is 23.0 Å². The first-order valence-electron chi connectivity index (χ1n) is 19.4. The zero-order valence-electron chi connectivity index (χ0n) is 34.0. The number of esters is 2. The molecule has 0 amide bonds. The van der Waals surface area contributed by atoms with Crippen molar-refractivity contribution in [2.45, 2.75) is 38.5 Å². The first kappa shape index (κ1) is 43.7. The zero-order chi connectivity index (χ0) is 40.1. The summed E-state index contributed by atoms with van der Waals surface area (Å²) in [5, 5.41) is 0. The lowest BCUT2D eigenvalue weighted by Gasteiger charge is -2.22. The molecule has 0 aliphatic heterocycles. The van der Waals surface area contributed by atoms with Crippen LogP contribution < -0.4 is 18.9 Å². The molecule has 2 unspecified atom stereocenters. The number of methoxy groups -OCH3 is 2. The molecule has 302 valence electrons. The Morgan fingerprint density at radius 2 is 0.929 bits per heavy atom. The van der Waals surface area contributed by atoms with Crippen LogP contribution in [0.2, 0.25) is 0 Å². The first-order valence-corrected chi connectivity index (χ1v) is 19.4. The van der Waals surface area contributed by atoms with Gasteiger partial charge in [0.2, 0.25) is 0 Å². The van der Waals surface area contributed by atoms with Crippen molar-refractivity contribution in [3.8, 4) is 23.0 Å². The van der Waals surface area contributed by atoms with E-state index in [1.807, 2.05) is 98.7 Å². The van der Waals surface area contributed by atoms with Crippen molar-refractivity contribution in [1.82, 2.24) is 9.80 Å². The van der Waals surface area contributed by atoms with E-state index in [0.29, 0.717) is 26.3 Å². The molecule has 0 radical (unpaired) electrons. The number of ether oxygens (including phenoxy) is 6. The minimum absolute atomic E-state index is 0.0585. The minimum atomic E-state index is -0.442. The lowest BCUT2D eigenvalue weighted by atomic mass is 10.0. The number of hydrogen-bond donors (Lipinski definition) is 0. The van der Waals surface area contributed by atoms with Crippen LogP contribution in [0.3, 0.4) is 0 Å². The number of carbonyl (C=O) groups excluding carboxylic acids is 2. The summed E-state index contributed by atoms with van der Waals surface area (Å²) < 4.78 is 34.6. The SMILES string of the molecule is COc1cccc(CCc2ccccc2OCC(COC(=O)CCC(=O)OCC(COc2ccccc2CCc2cccc(OC)c2)CN(C)C)CN(C)C)c1. The van der Waals surface area contributed by atoms with E-state index in [-0.39, 0.29) is 37.9 Å². The van der Waals surface area contributed by atoms with E-state index in [1.54, 1.807) is 14.2 Å². The van der Waals surface area contributed by atoms with Crippen molar-refractivity contribution < 1.29 is 38.0 Å². The van der Waals surface area contributed by atoms with E-state index in [2.05, 4.69) is 36.4 Å². The Morgan fingerprint density at radius 3 is 1.32 bits per heavy atom. The molecule has 4 rings (SSSR count). The topological polar surface area (TPSA) is 96.0 Å². The monoisotopic (exact) mass is 768 g/mol. The van der Waals surface area contributed by atoms with Gasteiger partial charge in [0.1, 0.15) is 23.0 Å². The second-order valence-corrected chi connectivity index (χ2v) is 14.7. The molecule has 0 N–H and O–H groups in total. The summed E-state index contributed by atoms with van der Waals surface area (Å²) in [4.78, 5) is 29.6. The van der Waals surface area contributed by atoms with E-state index in [9.17, 15) is 9.59 Å². The molecule has 4 aromatic rings. The fourth-order valence-corrected chi connectivity index (χ4v) is 6.44. The van der Waals surface area contributed by atoms with Gasteiger partial charge in [0.05, 0.1) is 53.5 Å². The third-order valence-electron chi connectivity index (χ3n) is 9.27. The highest BCUT2D eigenvalue weighted by molar-refractivity contribution is 5.77. The first-order chi connectivity index (χ1) is 27.1. The molecule has 0 aliphatic rings. The Kier molecular flexibility index (Phi) is 18.5. The molecule has 4 aromatic carbocycles. The quantitative estimate of drug-likeness (QED) is 0.0660. The standard InChI is InChI=1S/C46H60N2O8/c1-47(2)29-37(31-53-43-19-9-7-15-39(43)23-21-35-13-11-17-41(27-35)51-5)33-55-45(49)25-26-46(50)56-34-38(30-48(3)4)32-54-44-20-10-8-16-40(44)24-22-36-14-12-18-42(28-36)52-6/h7-20,27-28,37-38H,21-26,29-34H2,1-6H3. The van der Waals surface area contributed by atoms with E-state index < -0.39 is 11.9 Å². The second kappa shape index (κ2) is 23.8. The number of rotatable bonds is 25. The highest BCUT2D eigenvalue weighted by atomic mass is 16.5. The number of para-hydroxylation sites is 2. The summed E-state index contributed by atoms with van der Waals surface area (Å²) in [5.41, 5.74) is 4.60. The molecule has 0 spiro atoms. The molecule has 0 heterocycles. The van der Waals surface area contributed by atoms with Gasteiger partial charge in [-0.2, -0.15) is 0 Å². The molecule has 10 heteroatoms. The predicted molar refractivity (Wildman–Crippen MR) is 220 cm³/mol. The molecule has 0 aromatic heterocycles. The van der Waals surface area contributed by atoms with Crippen LogP contribution in [0.25, 0.3) is 0 Å². The highest BCUT2D eigenvalue weighted by Crippen LogP contribution is 2.24. The maximum absolute atomic E-state index is 12.8. The van der Waals surface area contributed by atoms with E-state index in [4.69, 9.17) is 28.4 Å². The molecule has 10 nitrogen and oxygen atoms in total. The molecule has 2 atom stereocenters. The van der Waals surface area contributed by atoms with E-state index in [1.165, 1.54) is 11.1 Å². The highest BCUT2D eigenvalue weighted by Gasteiger charge is 2.19. The van der Waals surface area contributed by atoms with Crippen LogP contribution in [0.1, 0.15) is 35.1 Å². The van der Waals surface area contributed by atoms with Crippen molar-refractivity contribution in [2.75, 3.05) is 81.9 Å². The summed E-state index contributed by atoms with van der Waals surface area (Å²) in [6.45, 7) is 2.47. The molecular formula is C46H60N2O8. The van der Waals surface area contributed by atoms with Gasteiger partial charge in [-0.05, 0) is 113 Å². The maximum atomic E-state index is 12.8. The second-order valence-electron chi connectivity index (χ2n) is 14.7. The molecule has 0 aliphatic carbocycles. The van der Waals surface area contributed by atoms with Gasteiger partial charge in [0.15, 0.2) is 0 Å². The average molecular weight is 769 g/mol. The summed E-state index contributed by atoms with van der Waals surface area (Å²) in [5.74, 6) is 2.31. The van der Waals surface area contributed by atoms with Gasteiger partial charge in [0.25, 0.3) is 0 Å².